The summed E-state index contributed by atoms with van der Waals surface area (Å²) in [5, 5.41) is 18.2. The number of halogens is 1. The molecule has 0 aliphatic rings. The van der Waals surface area contributed by atoms with Gasteiger partial charge in [-0.3, -0.25) is 10.1 Å². The Morgan fingerprint density at radius 2 is 1.53 bits per heavy atom. The van der Waals surface area contributed by atoms with Crippen molar-refractivity contribution in [2.45, 2.75) is 65.8 Å². The summed E-state index contributed by atoms with van der Waals surface area (Å²) in [6.45, 7) is 12.3. The van der Waals surface area contributed by atoms with E-state index in [-0.39, 0.29) is 23.7 Å². The van der Waals surface area contributed by atoms with Crippen molar-refractivity contribution < 1.29 is 9.59 Å². The van der Waals surface area contributed by atoms with E-state index >= 15 is 0 Å². The largest absolute Gasteiger partial charge is 0.326 e. The zero-order chi connectivity index (χ0) is 26.4. The van der Waals surface area contributed by atoms with E-state index < -0.39 is 12.1 Å². The van der Waals surface area contributed by atoms with Crippen LogP contribution in [-0.2, 0) is 4.79 Å². The zero-order valence-electron chi connectivity index (χ0n) is 21.6. The highest BCUT2D eigenvalue weighted by atomic mass is 79.9. The fourth-order valence-corrected chi connectivity index (χ4v) is 4.87. The van der Waals surface area contributed by atoms with Crippen molar-refractivity contribution in [2.75, 3.05) is 10.6 Å². The number of rotatable bonds is 9. The highest BCUT2D eigenvalue weighted by molar-refractivity contribution is 9.10. The Labute approximate surface area is 225 Å². The Bertz CT molecular complexity index is 1170. The maximum absolute atomic E-state index is 13.2. The molecule has 3 N–H and O–H groups in total. The second-order valence-corrected chi connectivity index (χ2v) is 11.4. The molecule has 36 heavy (non-hydrogen) atoms. The summed E-state index contributed by atoms with van der Waals surface area (Å²) in [7, 11) is 0. The first-order valence-electron chi connectivity index (χ1n) is 12.2. The Morgan fingerprint density at radius 1 is 0.917 bits per heavy atom. The molecule has 0 spiro atoms. The highest BCUT2D eigenvalue weighted by Gasteiger charge is 2.28. The summed E-state index contributed by atoms with van der Waals surface area (Å²) in [5.41, 5.74) is 3.86. The lowest BCUT2D eigenvalue weighted by Crippen LogP contribution is -2.49. The minimum absolute atomic E-state index is 0.0838. The Hall–Kier alpha value is -2.78. The van der Waals surface area contributed by atoms with Crippen LogP contribution in [0.15, 0.2) is 46.9 Å². The van der Waals surface area contributed by atoms with Crippen molar-refractivity contribution in [2.24, 2.45) is 5.92 Å². The van der Waals surface area contributed by atoms with Crippen molar-refractivity contribution >= 4 is 50.0 Å². The average molecular weight is 573 g/mol. The first-order chi connectivity index (χ1) is 17.1. The number of para-hydroxylation sites is 1. The standard InChI is InChI=1S/C27H34BrN5O2S/c1-7-17(6)22(24(34)31-27-33-32-25(36-27)18-11-13-19(28)14-12-18)29-26(35)30-23-20(15(2)3)9-8-10-21(23)16(4)5/h8-17,22H,7H2,1-6H3,(H2,29,30,35)(H,31,33,34)/t17-,22-/m0/s1. The molecule has 0 unspecified atom stereocenters. The predicted molar refractivity (Wildman–Crippen MR) is 152 cm³/mol. The van der Waals surface area contributed by atoms with Crippen LogP contribution in [0.4, 0.5) is 15.6 Å². The molecule has 3 rings (SSSR count). The maximum atomic E-state index is 13.2. The lowest BCUT2D eigenvalue weighted by Gasteiger charge is -2.25. The van der Waals surface area contributed by atoms with Crippen LogP contribution in [0.3, 0.4) is 0 Å². The quantitative estimate of drug-likeness (QED) is 0.249. The van der Waals surface area contributed by atoms with E-state index in [2.05, 4.69) is 69.8 Å². The molecule has 0 fully saturated rings. The van der Waals surface area contributed by atoms with Gasteiger partial charge >= 0.3 is 6.03 Å². The number of urea groups is 1. The van der Waals surface area contributed by atoms with Crippen LogP contribution in [0.25, 0.3) is 10.6 Å². The van der Waals surface area contributed by atoms with Gasteiger partial charge in [-0.25, -0.2) is 4.79 Å². The van der Waals surface area contributed by atoms with Crippen LogP contribution in [0.1, 0.15) is 70.9 Å². The van der Waals surface area contributed by atoms with Crippen LogP contribution in [0, 0.1) is 5.92 Å². The number of amides is 3. The normalized spacial score (nSPS) is 12.9. The smallest absolute Gasteiger partial charge is 0.319 e. The van der Waals surface area contributed by atoms with Gasteiger partial charge in [-0.2, -0.15) is 0 Å². The Morgan fingerprint density at radius 3 is 2.08 bits per heavy atom. The molecule has 192 valence electrons. The van der Waals surface area contributed by atoms with Crippen LogP contribution in [0.2, 0.25) is 0 Å². The van der Waals surface area contributed by atoms with Gasteiger partial charge in [0.05, 0.1) is 0 Å². The summed E-state index contributed by atoms with van der Waals surface area (Å²) in [4.78, 5) is 26.4. The van der Waals surface area contributed by atoms with Crippen molar-refractivity contribution in [1.82, 2.24) is 15.5 Å². The van der Waals surface area contributed by atoms with Crippen molar-refractivity contribution in [3.05, 3.63) is 58.1 Å². The molecular weight excluding hydrogens is 538 g/mol. The van der Waals surface area contributed by atoms with Crippen LogP contribution >= 0.6 is 27.3 Å². The van der Waals surface area contributed by atoms with Gasteiger partial charge in [-0.05, 0) is 41.0 Å². The van der Waals surface area contributed by atoms with Gasteiger partial charge in [0, 0.05) is 15.7 Å². The van der Waals surface area contributed by atoms with Gasteiger partial charge < -0.3 is 10.6 Å². The van der Waals surface area contributed by atoms with E-state index in [0.29, 0.717) is 10.1 Å². The molecule has 3 aromatic rings. The van der Waals surface area contributed by atoms with Gasteiger partial charge in [0.15, 0.2) is 0 Å². The molecular formula is C27H34BrN5O2S. The molecule has 7 nitrogen and oxygen atoms in total. The molecule has 0 radical (unpaired) electrons. The second-order valence-electron chi connectivity index (χ2n) is 9.49. The average Bonchev–Trinajstić information content (AvgIpc) is 3.30. The molecule has 1 aromatic heterocycles. The van der Waals surface area contributed by atoms with Crippen LogP contribution < -0.4 is 16.0 Å². The topological polar surface area (TPSA) is 96.0 Å². The SMILES string of the molecule is CC[C@H](C)[C@H](NC(=O)Nc1c(C(C)C)cccc1C(C)C)C(=O)Nc1nnc(-c2ccc(Br)cc2)s1. The molecule has 0 saturated heterocycles. The lowest BCUT2D eigenvalue weighted by molar-refractivity contribution is -0.119. The van der Waals surface area contributed by atoms with Gasteiger partial charge in [0.1, 0.15) is 11.0 Å². The summed E-state index contributed by atoms with van der Waals surface area (Å²) in [6.07, 6.45) is 0.721. The highest BCUT2D eigenvalue weighted by Crippen LogP contribution is 2.32. The minimum Gasteiger partial charge on any atom is -0.326 e. The second kappa shape index (κ2) is 12.5. The fourth-order valence-electron chi connectivity index (χ4n) is 3.85. The number of benzene rings is 2. The monoisotopic (exact) mass is 571 g/mol. The van der Waals surface area contributed by atoms with E-state index in [9.17, 15) is 9.59 Å². The third kappa shape index (κ3) is 6.91. The summed E-state index contributed by atoms with van der Waals surface area (Å²) >= 11 is 4.72. The molecule has 2 aromatic carbocycles. The van der Waals surface area contributed by atoms with E-state index in [0.717, 1.165) is 33.3 Å². The number of nitrogens with zero attached hydrogens (tertiary/aromatic N) is 2. The van der Waals surface area contributed by atoms with Crippen molar-refractivity contribution in [1.29, 1.82) is 0 Å². The van der Waals surface area contributed by atoms with Gasteiger partial charge in [-0.15, -0.1) is 10.2 Å². The molecule has 1 heterocycles. The fraction of sp³-hybridized carbons (Fsp3) is 0.407. The molecule has 2 atom stereocenters. The number of anilines is 2. The number of carbonyl (C=O) groups is 2. The summed E-state index contributed by atoms with van der Waals surface area (Å²) in [5.74, 6) is 0.0775. The van der Waals surface area contributed by atoms with Crippen LogP contribution in [0.5, 0.6) is 0 Å². The number of hydrogen-bond donors (Lipinski definition) is 3. The Balaban J connectivity index is 1.76. The number of carbonyl (C=O) groups excluding carboxylic acids is 2. The van der Waals surface area contributed by atoms with E-state index in [1.54, 1.807) is 0 Å². The minimum atomic E-state index is -0.733. The van der Waals surface area contributed by atoms with Gasteiger partial charge in [0.2, 0.25) is 11.0 Å². The molecule has 0 bridgehead atoms. The number of aromatic nitrogens is 2. The van der Waals surface area contributed by atoms with E-state index in [4.69, 9.17) is 0 Å². The van der Waals surface area contributed by atoms with E-state index in [1.165, 1.54) is 11.3 Å². The lowest BCUT2D eigenvalue weighted by atomic mass is 9.92. The number of nitrogens with one attached hydrogen (secondary N) is 3. The first-order valence-corrected chi connectivity index (χ1v) is 13.8. The summed E-state index contributed by atoms with van der Waals surface area (Å²) < 4.78 is 0.974. The molecule has 0 saturated carbocycles. The molecule has 0 aliphatic heterocycles. The maximum Gasteiger partial charge on any atom is 0.319 e. The van der Waals surface area contributed by atoms with Crippen molar-refractivity contribution in [3.8, 4) is 10.6 Å². The molecule has 0 aliphatic carbocycles. The molecule has 9 heteroatoms. The molecule has 3 amide bonds. The third-order valence-electron chi connectivity index (χ3n) is 6.14. The van der Waals surface area contributed by atoms with Crippen molar-refractivity contribution in [3.63, 3.8) is 0 Å². The van der Waals surface area contributed by atoms with Crippen LogP contribution in [-0.4, -0.2) is 28.2 Å². The van der Waals surface area contributed by atoms with E-state index in [1.807, 2.05) is 56.3 Å². The van der Waals surface area contributed by atoms with Gasteiger partial charge in [-0.1, -0.05) is 106 Å². The zero-order valence-corrected chi connectivity index (χ0v) is 24.0. The third-order valence-corrected chi connectivity index (χ3v) is 7.56. The van der Waals surface area contributed by atoms with Gasteiger partial charge in [0.25, 0.3) is 0 Å². The Kier molecular flexibility index (Phi) is 9.62. The first kappa shape index (κ1) is 27.8. The number of hydrogen-bond acceptors (Lipinski definition) is 5. The predicted octanol–water partition coefficient (Wildman–Crippen LogP) is 7.39. The summed E-state index contributed by atoms with van der Waals surface area (Å²) in [6, 6.07) is 12.7.